The van der Waals surface area contributed by atoms with E-state index in [1.807, 2.05) is 31.2 Å². The molecule has 1 aliphatic rings. The van der Waals surface area contributed by atoms with Crippen LogP contribution in [0.25, 0.3) is 0 Å². The predicted molar refractivity (Wildman–Crippen MR) is 101 cm³/mol. The normalized spacial score (nSPS) is 18.8. The van der Waals surface area contributed by atoms with Crippen molar-refractivity contribution in [2.45, 2.75) is 32.0 Å². The Labute approximate surface area is 154 Å². The fourth-order valence-corrected chi connectivity index (χ4v) is 2.55. The summed E-state index contributed by atoms with van der Waals surface area (Å²) in [5.41, 5.74) is 0. The molecule has 2 N–H and O–H groups in total. The molecule has 0 aromatic heterocycles. The molecule has 1 saturated heterocycles. The van der Waals surface area contributed by atoms with Crippen LogP contribution in [0.5, 0.6) is 5.75 Å². The second-order valence-corrected chi connectivity index (χ2v) is 6.41. The van der Waals surface area contributed by atoms with E-state index in [0.29, 0.717) is 11.6 Å². The van der Waals surface area contributed by atoms with Crippen molar-refractivity contribution in [3.8, 4) is 5.75 Å². The molecule has 25 heavy (non-hydrogen) atoms. The molecule has 1 aliphatic heterocycles. The first-order valence-corrected chi connectivity index (χ1v) is 9.11. The van der Waals surface area contributed by atoms with E-state index in [2.05, 4.69) is 15.6 Å². The molecule has 2 unspecified atom stereocenters. The number of rotatable bonds is 9. The van der Waals surface area contributed by atoms with Gasteiger partial charge in [0.05, 0.1) is 19.3 Å². The van der Waals surface area contributed by atoms with Crippen molar-refractivity contribution < 1.29 is 14.2 Å². The van der Waals surface area contributed by atoms with Gasteiger partial charge in [0.15, 0.2) is 5.96 Å². The lowest BCUT2D eigenvalue weighted by Gasteiger charge is -2.18. The number of nitrogens with one attached hydrogen (secondary N) is 2. The van der Waals surface area contributed by atoms with Gasteiger partial charge in [0.1, 0.15) is 11.9 Å². The van der Waals surface area contributed by atoms with Gasteiger partial charge in [-0.05, 0) is 44.0 Å². The largest absolute Gasteiger partial charge is 0.489 e. The second kappa shape index (κ2) is 11.2. The highest BCUT2D eigenvalue weighted by Crippen LogP contribution is 2.16. The molecule has 7 heteroatoms. The number of nitrogens with zero attached hydrogens (tertiary/aromatic N) is 1. The Morgan fingerprint density at radius 3 is 2.84 bits per heavy atom. The summed E-state index contributed by atoms with van der Waals surface area (Å²) in [5, 5.41) is 7.24. The highest BCUT2D eigenvalue weighted by atomic mass is 35.5. The van der Waals surface area contributed by atoms with Gasteiger partial charge in [-0.1, -0.05) is 11.6 Å². The zero-order valence-corrected chi connectivity index (χ0v) is 15.7. The Balaban J connectivity index is 1.56. The highest BCUT2D eigenvalue weighted by Gasteiger charge is 2.15. The van der Waals surface area contributed by atoms with Gasteiger partial charge in [-0.15, -0.1) is 0 Å². The summed E-state index contributed by atoms with van der Waals surface area (Å²) in [5.74, 6) is 1.56. The Kier molecular flexibility index (Phi) is 8.86. The van der Waals surface area contributed by atoms with E-state index in [0.717, 1.165) is 50.9 Å². The first-order chi connectivity index (χ1) is 12.2. The molecule has 1 heterocycles. The van der Waals surface area contributed by atoms with Gasteiger partial charge in [0.25, 0.3) is 0 Å². The van der Waals surface area contributed by atoms with Crippen molar-refractivity contribution in [1.82, 2.24) is 10.6 Å². The van der Waals surface area contributed by atoms with Crippen LogP contribution >= 0.6 is 11.6 Å². The Bertz CT molecular complexity index is 519. The standard InChI is InChI=1S/C18H28ClN3O3/c1-14(25-16-6-4-15(19)5-7-16)12-22-18(20-2)21-9-3-10-24-17-8-11-23-13-17/h4-7,14,17H,3,8-13H2,1-2H3,(H2,20,21,22). The molecular weight excluding hydrogens is 342 g/mol. The molecule has 140 valence electrons. The fraction of sp³-hybridized carbons (Fsp3) is 0.611. The average molecular weight is 370 g/mol. The molecule has 6 nitrogen and oxygen atoms in total. The van der Waals surface area contributed by atoms with Crippen LogP contribution in [-0.4, -0.2) is 58.1 Å². The van der Waals surface area contributed by atoms with Crippen LogP contribution in [0.3, 0.4) is 0 Å². The van der Waals surface area contributed by atoms with Crippen molar-refractivity contribution in [1.29, 1.82) is 0 Å². The topological polar surface area (TPSA) is 64.1 Å². The van der Waals surface area contributed by atoms with Crippen LogP contribution < -0.4 is 15.4 Å². The monoisotopic (exact) mass is 369 g/mol. The maximum absolute atomic E-state index is 5.87. The number of hydrogen-bond donors (Lipinski definition) is 2. The van der Waals surface area contributed by atoms with Crippen molar-refractivity contribution in [2.75, 3.05) is 40.0 Å². The van der Waals surface area contributed by atoms with Crippen LogP contribution in [0.15, 0.2) is 29.3 Å². The number of guanidine groups is 1. The summed E-state index contributed by atoms with van der Waals surface area (Å²) < 4.78 is 16.8. The molecule has 0 bridgehead atoms. The third-order valence-electron chi connectivity index (χ3n) is 3.79. The van der Waals surface area contributed by atoms with Crippen LogP contribution in [-0.2, 0) is 9.47 Å². The first-order valence-electron chi connectivity index (χ1n) is 8.73. The third-order valence-corrected chi connectivity index (χ3v) is 4.04. The van der Waals surface area contributed by atoms with Crippen LogP contribution in [0, 0.1) is 0 Å². The Morgan fingerprint density at radius 1 is 1.36 bits per heavy atom. The SMILES string of the molecule is CN=C(NCCCOC1CCOC1)NCC(C)Oc1ccc(Cl)cc1. The average Bonchev–Trinajstić information content (AvgIpc) is 3.13. The van der Waals surface area contributed by atoms with Crippen molar-refractivity contribution in [3.05, 3.63) is 29.3 Å². The first kappa shape index (κ1) is 19.8. The molecule has 1 fully saturated rings. The summed E-state index contributed by atoms with van der Waals surface area (Å²) in [4.78, 5) is 4.21. The Morgan fingerprint density at radius 2 is 2.16 bits per heavy atom. The molecule has 2 atom stereocenters. The lowest BCUT2D eigenvalue weighted by atomic mass is 10.3. The van der Waals surface area contributed by atoms with E-state index >= 15 is 0 Å². The number of benzene rings is 1. The van der Waals surface area contributed by atoms with Crippen LogP contribution in [0.1, 0.15) is 19.8 Å². The zero-order chi connectivity index (χ0) is 17.9. The molecule has 0 aliphatic carbocycles. The van der Waals surface area contributed by atoms with Crippen molar-refractivity contribution in [3.63, 3.8) is 0 Å². The second-order valence-electron chi connectivity index (χ2n) is 5.97. The number of aliphatic imine (C=N–C) groups is 1. The fourth-order valence-electron chi connectivity index (χ4n) is 2.42. The van der Waals surface area contributed by atoms with Gasteiger partial charge in [0, 0.05) is 31.8 Å². The minimum Gasteiger partial charge on any atom is -0.489 e. The van der Waals surface area contributed by atoms with E-state index in [4.69, 9.17) is 25.8 Å². The molecule has 2 rings (SSSR count). The van der Waals surface area contributed by atoms with Gasteiger partial charge in [0.2, 0.25) is 0 Å². The lowest BCUT2D eigenvalue weighted by molar-refractivity contribution is 0.0420. The number of halogens is 1. The maximum atomic E-state index is 5.87. The van der Waals surface area contributed by atoms with E-state index < -0.39 is 0 Å². The lowest BCUT2D eigenvalue weighted by Crippen LogP contribution is -2.42. The van der Waals surface area contributed by atoms with Crippen molar-refractivity contribution in [2.24, 2.45) is 4.99 Å². The predicted octanol–water partition coefficient (Wildman–Crippen LogP) is 2.47. The number of ether oxygens (including phenoxy) is 3. The van der Waals surface area contributed by atoms with Gasteiger partial charge in [-0.3, -0.25) is 4.99 Å². The van der Waals surface area contributed by atoms with E-state index in [1.54, 1.807) is 7.05 Å². The van der Waals surface area contributed by atoms with Crippen LogP contribution in [0.2, 0.25) is 5.02 Å². The summed E-state index contributed by atoms with van der Waals surface area (Å²) in [7, 11) is 1.76. The molecule has 0 spiro atoms. The van der Waals surface area contributed by atoms with E-state index in [9.17, 15) is 0 Å². The minimum absolute atomic E-state index is 0.00502. The zero-order valence-electron chi connectivity index (χ0n) is 15.0. The van der Waals surface area contributed by atoms with Gasteiger partial charge in [-0.2, -0.15) is 0 Å². The van der Waals surface area contributed by atoms with Crippen LogP contribution in [0.4, 0.5) is 0 Å². The quantitative estimate of drug-likeness (QED) is 0.398. The van der Waals surface area contributed by atoms with E-state index in [-0.39, 0.29) is 12.2 Å². The smallest absolute Gasteiger partial charge is 0.191 e. The van der Waals surface area contributed by atoms with E-state index in [1.165, 1.54) is 0 Å². The molecule has 0 radical (unpaired) electrons. The molecular formula is C18H28ClN3O3. The van der Waals surface area contributed by atoms with Crippen molar-refractivity contribution >= 4 is 17.6 Å². The molecule has 0 saturated carbocycles. The summed E-state index contributed by atoms with van der Waals surface area (Å²) in [6.07, 6.45) is 2.20. The van der Waals surface area contributed by atoms with Gasteiger partial charge >= 0.3 is 0 Å². The number of hydrogen-bond acceptors (Lipinski definition) is 4. The maximum Gasteiger partial charge on any atom is 0.191 e. The highest BCUT2D eigenvalue weighted by molar-refractivity contribution is 6.30. The summed E-state index contributed by atoms with van der Waals surface area (Å²) in [6.45, 7) is 5.73. The van der Waals surface area contributed by atoms with Gasteiger partial charge < -0.3 is 24.8 Å². The molecule has 1 aromatic carbocycles. The summed E-state index contributed by atoms with van der Waals surface area (Å²) >= 11 is 5.87. The molecule has 1 aromatic rings. The third kappa shape index (κ3) is 7.94. The minimum atomic E-state index is 0.00502. The van der Waals surface area contributed by atoms with Gasteiger partial charge in [-0.25, -0.2) is 0 Å². The Hall–Kier alpha value is -1.50. The summed E-state index contributed by atoms with van der Waals surface area (Å²) in [6, 6.07) is 7.36. The molecule has 0 amide bonds.